The summed E-state index contributed by atoms with van der Waals surface area (Å²) in [6.07, 6.45) is 6.45. The molecule has 1 aromatic carbocycles. The van der Waals surface area contributed by atoms with Crippen LogP contribution in [0.1, 0.15) is 19.4 Å². The van der Waals surface area contributed by atoms with Gasteiger partial charge in [0.2, 0.25) is 0 Å². The summed E-state index contributed by atoms with van der Waals surface area (Å²) in [5.74, 6) is 0. The fourth-order valence-electron chi connectivity index (χ4n) is 1.36. The molecule has 0 spiro atoms. The van der Waals surface area contributed by atoms with E-state index in [2.05, 4.69) is 61.8 Å². The van der Waals surface area contributed by atoms with Crippen molar-refractivity contribution < 1.29 is 0 Å². The molecule has 0 aliphatic heterocycles. The Hall–Kier alpha value is -0.730. The molecule has 0 aliphatic rings. The van der Waals surface area contributed by atoms with E-state index in [1.807, 2.05) is 0 Å². The van der Waals surface area contributed by atoms with Crippen LogP contribution in [0, 0.1) is 0 Å². The van der Waals surface area contributed by atoms with Crippen LogP contribution < -0.4 is 5.32 Å². The Morgan fingerprint density at radius 3 is 2.53 bits per heavy atom. The van der Waals surface area contributed by atoms with Gasteiger partial charge in [0.15, 0.2) is 0 Å². The molecule has 15 heavy (non-hydrogen) atoms. The van der Waals surface area contributed by atoms with Crippen LogP contribution in [0.5, 0.6) is 0 Å². The minimum absolute atomic E-state index is 0.440. The van der Waals surface area contributed by atoms with Crippen molar-refractivity contribution >= 4 is 17.8 Å². The van der Waals surface area contributed by atoms with Crippen LogP contribution in [-0.4, -0.2) is 18.8 Å². The van der Waals surface area contributed by atoms with E-state index >= 15 is 0 Å². The zero-order chi connectivity index (χ0) is 11.1. The van der Waals surface area contributed by atoms with E-state index in [-0.39, 0.29) is 0 Å². The Balaban J connectivity index is 2.56. The Morgan fingerprint density at radius 2 is 2.00 bits per heavy atom. The summed E-state index contributed by atoms with van der Waals surface area (Å²) in [6.45, 7) is 5.30. The van der Waals surface area contributed by atoms with Gasteiger partial charge in [0.1, 0.15) is 0 Å². The van der Waals surface area contributed by atoms with Crippen LogP contribution in [0.25, 0.3) is 6.08 Å². The molecule has 1 N–H and O–H groups in total. The highest BCUT2D eigenvalue weighted by atomic mass is 32.2. The summed E-state index contributed by atoms with van der Waals surface area (Å²) < 4.78 is 0. The van der Waals surface area contributed by atoms with Crippen LogP contribution in [0.2, 0.25) is 0 Å². The molecule has 1 unspecified atom stereocenters. The van der Waals surface area contributed by atoms with Crippen molar-refractivity contribution in [3.8, 4) is 0 Å². The number of likely N-dealkylation sites (N-methyl/N-ethyl adjacent to an activating group) is 1. The molecular weight excluding hydrogens is 202 g/mol. The first-order chi connectivity index (χ1) is 7.26. The van der Waals surface area contributed by atoms with Crippen molar-refractivity contribution in [3.63, 3.8) is 0 Å². The maximum atomic E-state index is 3.35. The third-order valence-electron chi connectivity index (χ3n) is 2.22. The maximum absolute atomic E-state index is 3.35. The fourth-order valence-corrected chi connectivity index (χ4v) is 1.77. The standard InChI is InChI=1S/C13H19NS/c1-4-14-11(2)5-6-12-7-9-13(15-3)10-8-12/h5-11,14H,4H2,1-3H3/b6-5+. The van der Waals surface area contributed by atoms with Crippen LogP contribution in [0.3, 0.4) is 0 Å². The quantitative estimate of drug-likeness (QED) is 0.765. The average Bonchev–Trinajstić information content (AvgIpc) is 2.27. The molecule has 0 heterocycles. The predicted molar refractivity (Wildman–Crippen MR) is 70.4 cm³/mol. The molecular formula is C13H19NS. The van der Waals surface area contributed by atoms with Crippen molar-refractivity contribution in [2.45, 2.75) is 24.8 Å². The third-order valence-corrected chi connectivity index (χ3v) is 2.96. The van der Waals surface area contributed by atoms with E-state index in [1.165, 1.54) is 10.5 Å². The Kier molecular flexibility index (Phi) is 5.51. The summed E-state index contributed by atoms with van der Waals surface area (Å²) in [5.41, 5.74) is 1.26. The number of benzene rings is 1. The van der Waals surface area contributed by atoms with Gasteiger partial charge in [0.05, 0.1) is 0 Å². The van der Waals surface area contributed by atoms with E-state index in [1.54, 1.807) is 11.8 Å². The highest BCUT2D eigenvalue weighted by Crippen LogP contribution is 2.15. The summed E-state index contributed by atoms with van der Waals surface area (Å²) in [5, 5.41) is 3.35. The van der Waals surface area contributed by atoms with Gasteiger partial charge in [-0.2, -0.15) is 0 Å². The highest BCUT2D eigenvalue weighted by Gasteiger charge is 1.93. The Bertz CT molecular complexity index is 303. The van der Waals surface area contributed by atoms with Gasteiger partial charge in [-0.05, 0) is 37.4 Å². The normalized spacial score (nSPS) is 13.3. The summed E-state index contributed by atoms with van der Waals surface area (Å²) in [7, 11) is 0. The molecule has 0 aliphatic carbocycles. The lowest BCUT2D eigenvalue weighted by atomic mass is 10.2. The maximum Gasteiger partial charge on any atom is 0.0224 e. The van der Waals surface area contributed by atoms with E-state index in [9.17, 15) is 0 Å². The molecule has 1 aromatic rings. The topological polar surface area (TPSA) is 12.0 Å². The Labute approximate surface area is 97.0 Å². The lowest BCUT2D eigenvalue weighted by Crippen LogP contribution is -2.22. The monoisotopic (exact) mass is 221 g/mol. The molecule has 0 saturated heterocycles. The summed E-state index contributed by atoms with van der Waals surface area (Å²) >= 11 is 1.77. The first kappa shape index (κ1) is 12.3. The molecule has 0 amide bonds. The zero-order valence-electron chi connectivity index (χ0n) is 9.66. The van der Waals surface area contributed by atoms with E-state index in [0.717, 1.165) is 6.54 Å². The second kappa shape index (κ2) is 6.70. The van der Waals surface area contributed by atoms with Crippen LogP contribution in [0.4, 0.5) is 0 Å². The van der Waals surface area contributed by atoms with E-state index in [4.69, 9.17) is 0 Å². The number of thioether (sulfide) groups is 1. The van der Waals surface area contributed by atoms with Gasteiger partial charge in [-0.3, -0.25) is 0 Å². The van der Waals surface area contributed by atoms with Gasteiger partial charge in [0, 0.05) is 10.9 Å². The minimum atomic E-state index is 0.440. The van der Waals surface area contributed by atoms with Gasteiger partial charge in [-0.1, -0.05) is 31.2 Å². The van der Waals surface area contributed by atoms with E-state index in [0.29, 0.717) is 6.04 Å². The van der Waals surface area contributed by atoms with Crippen molar-refractivity contribution in [2.24, 2.45) is 0 Å². The molecule has 82 valence electrons. The van der Waals surface area contributed by atoms with Crippen molar-refractivity contribution in [2.75, 3.05) is 12.8 Å². The summed E-state index contributed by atoms with van der Waals surface area (Å²) in [6, 6.07) is 9.06. The largest absolute Gasteiger partial charge is 0.311 e. The van der Waals surface area contributed by atoms with Gasteiger partial charge in [0.25, 0.3) is 0 Å². The number of hydrogen-bond donors (Lipinski definition) is 1. The number of rotatable bonds is 5. The highest BCUT2D eigenvalue weighted by molar-refractivity contribution is 7.98. The number of hydrogen-bond acceptors (Lipinski definition) is 2. The lowest BCUT2D eigenvalue weighted by molar-refractivity contribution is 0.663. The van der Waals surface area contributed by atoms with Gasteiger partial charge >= 0.3 is 0 Å². The molecule has 0 aromatic heterocycles. The molecule has 0 fully saturated rings. The van der Waals surface area contributed by atoms with Gasteiger partial charge in [-0.15, -0.1) is 11.8 Å². The molecule has 1 nitrogen and oxygen atoms in total. The van der Waals surface area contributed by atoms with Crippen molar-refractivity contribution in [1.29, 1.82) is 0 Å². The van der Waals surface area contributed by atoms with Crippen LogP contribution in [0.15, 0.2) is 35.2 Å². The van der Waals surface area contributed by atoms with Crippen molar-refractivity contribution in [3.05, 3.63) is 35.9 Å². The Morgan fingerprint density at radius 1 is 1.33 bits per heavy atom. The molecule has 0 saturated carbocycles. The van der Waals surface area contributed by atoms with Gasteiger partial charge in [-0.25, -0.2) is 0 Å². The minimum Gasteiger partial charge on any atom is -0.311 e. The molecule has 0 bridgehead atoms. The average molecular weight is 221 g/mol. The second-order valence-electron chi connectivity index (χ2n) is 3.48. The van der Waals surface area contributed by atoms with Crippen LogP contribution in [-0.2, 0) is 0 Å². The third kappa shape index (κ3) is 4.54. The first-order valence-electron chi connectivity index (χ1n) is 5.32. The zero-order valence-corrected chi connectivity index (χ0v) is 10.5. The molecule has 1 rings (SSSR count). The fraction of sp³-hybridized carbons (Fsp3) is 0.385. The predicted octanol–water partition coefficient (Wildman–Crippen LogP) is 3.42. The second-order valence-corrected chi connectivity index (χ2v) is 4.36. The van der Waals surface area contributed by atoms with E-state index < -0.39 is 0 Å². The SMILES string of the molecule is CCNC(C)/C=C/c1ccc(SC)cc1. The van der Waals surface area contributed by atoms with Crippen LogP contribution >= 0.6 is 11.8 Å². The first-order valence-corrected chi connectivity index (χ1v) is 6.54. The van der Waals surface area contributed by atoms with Crippen molar-refractivity contribution in [1.82, 2.24) is 5.32 Å². The molecule has 1 atom stereocenters. The summed E-state index contributed by atoms with van der Waals surface area (Å²) in [4.78, 5) is 1.31. The number of nitrogens with one attached hydrogen (secondary N) is 1. The molecule has 0 radical (unpaired) electrons. The van der Waals surface area contributed by atoms with Gasteiger partial charge < -0.3 is 5.32 Å². The molecule has 2 heteroatoms. The lowest BCUT2D eigenvalue weighted by Gasteiger charge is -2.05. The smallest absolute Gasteiger partial charge is 0.0224 e.